The Morgan fingerprint density at radius 3 is 2.93 bits per heavy atom. The van der Waals surface area contributed by atoms with Gasteiger partial charge in [0.15, 0.2) is 0 Å². The first-order chi connectivity index (χ1) is 7.24. The van der Waals surface area contributed by atoms with E-state index >= 15 is 0 Å². The Kier molecular flexibility index (Phi) is 5.88. The van der Waals surface area contributed by atoms with Crippen molar-refractivity contribution in [3.63, 3.8) is 0 Å². The number of aryl methyl sites for hydroxylation is 1. The van der Waals surface area contributed by atoms with E-state index in [1.165, 1.54) is 24.2 Å². The lowest BCUT2D eigenvalue weighted by molar-refractivity contribution is 0.527. The van der Waals surface area contributed by atoms with Crippen molar-refractivity contribution in [2.45, 2.75) is 38.5 Å². The number of rotatable bonds is 7. The van der Waals surface area contributed by atoms with Gasteiger partial charge in [-0.25, -0.2) is 0 Å². The van der Waals surface area contributed by atoms with Crippen LogP contribution in [0.15, 0.2) is 16.7 Å². The van der Waals surface area contributed by atoms with Crippen LogP contribution in [0.25, 0.3) is 0 Å². The standard InChI is InChI=1S/C12H21NOS/c1-10-6-7-14-12(10)9-15-8-4-5-11(2)13-3/h6-7,11,13H,4-5,8-9H2,1-3H3. The van der Waals surface area contributed by atoms with Gasteiger partial charge in [-0.15, -0.1) is 0 Å². The molecule has 1 N–H and O–H groups in total. The summed E-state index contributed by atoms with van der Waals surface area (Å²) in [6, 6.07) is 2.66. The van der Waals surface area contributed by atoms with Crippen molar-refractivity contribution >= 4 is 11.8 Å². The van der Waals surface area contributed by atoms with Gasteiger partial charge in [0.05, 0.1) is 12.0 Å². The maximum absolute atomic E-state index is 5.38. The van der Waals surface area contributed by atoms with Crippen molar-refractivity contribution in [1.29, 1.82) is 0 Å². The minimum atomic E-state index is 0.635. The molecular formula is C12H21NOS. The Labute approximate surface area is 96.8 Å². The quantitative estimate of drug-likeness (QED) is 0.724. The van der Waals surface area contributed by atoms with Gasteiger partial charge in [0.1, 0.15) is 5.76 Å². The van der Waals surface area contributed by atoms with Gasteiger partial charge < -0.3 is 9.73 Å². The number of hydrogen-bond acceptors (Lipinski definition) is 3. The zero-order chi connectivity index (χ0) is 11.1. The first-order valence-corrected chi connectivity index (χ1v) is 6.67. The topological polar surface area (TPSA) is 25.2 Å². The summed E-state index contributed by atoms with van der Waals surface area (Å²) in [6.45, 7) is 4.32. The minimum absolute atomic E-state index is 0.635. The van der Waals surface area contributed by atoms with Crippen molar-refractivity contribution in [2.75, 3.05) is 12.8 Å². The van der Waals surface area contributed by atoms with E-state index in [1.807, 2.05) is 24.9 Å². The molecule has 0 aliphatic heterocycles. The molecule has 0 saturated carbocycles. The maximum atomic E-state index is 5.38. The van der Waals surface area contributed by atoms with E-state index in [1.54, 1.807) is 6.26 Å². The molecule has 1 unspecified atom stereocenters. The molecule has 0 amide bonds. The van der Waals surface area contributed by atoms with E-state index in [2.05, 4.69) is 19.2 Å². The molecule has 86 valence electrons. The summed E-state index contributed by atoms with van der Waals surface area (Å²) in [5.41, 5.74) is 1.27. The Balaban J connectivity index is 2.05. The average molecular weight is 227 g/mol. The van der Waals surface area contributed by atoms with Crippen molar-refractivity contribution in [3.8, 4) is 0 Å². The lowest BCUT2D eigenvalue weighted by Crippen LogP contribution is -2.20. The molecule has 0 aromatic carbocycles. The predicted octanol–water partition coefficient (Wildman–Crippen LogP) is 3.21. The highest BCUT2D eigenvalue weighted by molar-refractivity contribution is 7.98. The largest absolute Gasteiger partial charge is 0.468 e. The first kappa shape index (κ1) is 12.7. The van der Waals surface area contributed by atoms with Crippen LogP contribution in [0.1, 0.15) is 31.1 Å². The number of hydrogen-bond donors (Lipinski definition) is 1. The second-order valence-corrected chi connectivity index (χ2v) is 5.02. The highest BCUT2D eigenvalue weighted by Gasteiger charge is 2.02. The zero-order valence-corrected chi connectivity index (χ0v) is 10.7. The molecule has 0 fully saturated rings. The molecule has 1 aromatic heterocycles. The fraction of sp³-hybridized carbons (Fsp3) is 0.667. The third-order valence-electron chi connectivity index (χ3n) is 2.62. The molecule has 3 heteroatoms. The van der Waals surface area contributed by atoms with E-state index < -0.39 is 0 Å². The van der Waals surface area contributed by atoms with Crippen LogP contribution in [-0.4, -0.2) is 18.8 Å². The fourth-order valence-corrected chi connectivity index (χ4v) is 2.35. The Morgan fingerprint density at radius 2 is 2.33 bits per heavy atom. The second-order valence-electron chi connectivity index (χ2n) is 3.91. The van der Waals surface area contributed by atoms with Gasteiger partial charge in [-0.3, -0.25) is 0 Å². The molecule has 0 spiro atoms. The molecule has 2 nitrogen and oxygen atoms in total. The summed E-state index contributed by atoms with van der Waals surface area (Å²) in [5.74, 6) is 3.35. The molecular weight excluding hydrogens is 206 g/mol. The van der Waals surface area contributed by atoms with Crippen LogP contribution in [-0.2, 0) is 5.75 Å². The van der Waals surface area contributed by atoms with E-state index in [9.17, 15) is 0 Å². The zero-order valence-electron chi connectivity index (χ0n) is 9.88. The van der Waals surface area contributed by atoms with Crippen molar-refractivity contribution in [2.24, 2.45) is 0 Å². The van der Waals surface area contributed by atoms with E-state index in [4.69, 9.17) is 4.42 Å². The monoisotopic (exact) mass is 227 g/mol. The molecule has 1 atom stereocenters. The predicted molar refractivity (Wildman–Crippen MR) is 67.4 cm³/mol. The molecule has 0 bridgehead atoms. The highest BCUT2D eigenvalue weighted by atomic mass is 32.2. The van der Waals surface area contributed by atoms with Gasteiger partial charge in [-0.1, -0.05) is 0 Å². The first-order valence-electron chi connectivity index (χ1n) is 5.52. The molecule has 15 heavy (non-hydrogen) atoms. The van der Waals surface area contributed by atoms with Gasteiger partial charge >= 0.3 is 0 Å². The normalized spacial score (nSPS) is 13.0. The lowest BCUT2D eigenvalue weighted by atomic mass is 10.2. The number of nitrogens with one attached hydrogen (secondary N) is 1. The van der Waals surface area contributed by atoms with Gasteiger partial charge in [0.25, 0.3) is 0 Å². The van der Waals surface area contributed by atoms with E-state index in [0.29, 0.717) is 6.04 Å². The van der Waals surface area contributed by atoms with Gasteiger partial charge in [0.2, 0.25) is 0 Å². The summed E-state index contributed by atoms with van der Waals surface area (Å²) in [7, 11) is 2.02. The molecule has 0 aliphatic rings. The van der Waals surface area contributed by atoms with E-state index in [-0.39, 0.29) is 0 Å². The van der Waals surface area contributed by atoms with Crippen LogP contribution in [0.4, 0.5) is 0 Å². The third kappa shape index (κ3) is 4.76. The van der Waals surface area contributed by atoms with Crippen LogP contribution in [0.2, 0.25) is 0 Å². The molecule has 1 rings (SSSR count). The summed E-state index contributed by atoms with van der Waals surface area (Å²) in [5, 5.41) is 3.25. The van der Waals surface area contributed by atoms with Crippen molar-refractivity contribution < 1.29 is 4.42 Å². The van der Waals surface area contributed by atoms with Crippen LogP contribution in [0.3, 0.4) is 0 Å². The highest BCUT2D eigenvalue weighted by Crippen LogP contribution is 2.18. The Morgan fingerprint density at radius 1 is 1.53 bits per heavy atom. The van der Waals surface area contributed by atoms with Crippen molar-refractivity contribution in [1.82, 2.24) is 5.32 Å². The van der Waals surface area contributed by atoms with E-state index in [0.717, 1.165) is 11.5 Å². The van der Waals surface area contributed by atoms with Gasteiger partial charge in [-0.05, 0) is 51.1 Å². The van der Waals surface area contributed by atoms with Crippen molar-refractivity contribution in [3.05, 3.63) is 23.7 Å². The Hall–Kier alpha value is -0.410. The van der Waals surface area contributed by atoms with Crippen LogP contribution >= 0.6 is 11.8 Å². The van der Waals surface area contributed by atoms with Gasteiger partial charge in [0, 0.05) is 6.04 Å². The number of furan rings is 1. The fourth-order valence-electron chi connectivity index (χ4n) is 1.35. The smallest absolute Gasteiger partial charge is 0.116 e. The summed E-state index contributed by atoms with van der Waals surface area (Å²) < 4.78 is 5.38. The summed E-state index contributed by atoms with van der Waals surface area (Å²) >= 11 is 1.96. The van der Waals surface area contributed by atoms with Crippen LogP contribution in [0, 0.1) is 6.92 Å². The number of thioether (sulfide) groups is 1. The molecule has 0 saturated heterocycles. The Bertz CT molecular complexity index is 272. The molecule has 0 aliphatic carbocycles. The molecule has 0 radical (unpaired) electrons. The average Bonchev–Trinajstić information content (AvgIpc) is 2.63. The summed E-state index contributed by atoms with van der Waals surface area (Å²) in [6.07, 6.45) is 4.29. The minimum Gasteiger partial charge on any atom is -0.468 e. The SMILES string of the molecule is CNC(C)CCCSCc1occc1C. The molecule has 1 aromatic rings. The van der Waals surface area contributed by atoms with Crippen LogP contribution < -0.4 is 5.32 Å². The third-order valence-corrected chi connectivity index (χ3v) is 3.66. The molecule has 1 heterocycles. The van der Waals surface area contributed by atoms with Crippen LogP contribution in [0.5, 0.6) is 0 Å². The second kappa shape index (κ2) is 6.96. The maximum Gasteiger partial charge on any atom is 0.116 e. The summed E-state index contributed by atoms with van der Waals surface area (Å²) in [4.78, 5) is 0. The lowest BCUT2D eigenvalue weighted by Gasteiger charge is -2.08. The van der Waals surface area contributed by atoms with Gasteiger partial charge in [-0.2, -0.15) is 11.8 Å².